The van der Waals surface area contributed by atoms with Crippen LogP contribution >= 0.6 is 0 Å². The highest BCUT2D eigenvalue weighted by molar-refractivity contribution is 6.04. The van der Waals surface area contributed by atoms with E-state index in [4.69, 9.17) is 0 Å². The highest BCUT2D eigenvalue weighted by atomic mass is 14.6. The molecule has 1 nitrogen and oxygen atoms in total. The van der Waals surface area contributed by atoms with Crippen molar-refractivity contribution in [2.45, 2.75) is 39.5 Å². The van der Waals surface area contributed by atoms with Crippen LogP contribution in [-0.4, -0.2) is 4.98 Å². The van der Waals surface area contributed by atoms with E-state index in [9.17, 15) is 0 Å². The normalized spacial score (nSPS) is 14.9. The lowest BCUT2D eigenvalue weighted by Gasteiger charge is -2.28. The topological polar surface area (TPSA) is 15.8 Å². The number of aromatic amines is 1. The lowest BCUT2D eigenvalue weighted by molar-refractivity contribution is 0.616. The smallest absolute Gasteiger partial charge is 0.0462 e. The average Bonchev–Trinajstić information content (AvgIpc) is 3.15. The van der Waals surface area contributed by atoms with Crippen LogP contribution in [0.1, 0.15) is 37.0 Å². The third-order valence-electron chi connectivity index (χ3n) is 5.50. The monoisotopic (exact) mass is 301 g/mol. The van der Waals surface area contributed by atoms with Gasteiger partial charge in [-0.25, -0.2) is 0 Å². The molecule has 4 rings (SSSR count). The molecule has 3 aromatic rings. The molecule has 1 aliphatic rings. The summed E-state index contributed by atoms with van der Waals surface area (Å²) in [6.45, 7) is 9.22. The van der Waals surface area contributed by atoms with Gasteiger partial charge in [-0.05, 0) is 59.9 Å². The van der Waals surface area contributed by atoms with Crippen LogP contribution in [-0.2, 0) is 5.41 Å². The van der Waals surface area contributed by atoms with E-state index in [1.807, 2.05) is 6.20 Å². The van der Waals surface area contributed by atoms with Crippen molar-refractivity contribution in [3.05, 3.63) is 71.0 Å². The van der Waals surface area contributed by atoms with Crippen LogP contribution in [0, 0.1) is 13.8 Å². The standard InChI is InChI=1S/C22H23N/c1-14-12-18-15(2)17-10-7-11-23-20(17)13-19(18)21(14)22(3,4)16-8-5-6-9-16/h5-8,10-13,23H,9H2,1-4H3. The van der Waals surface area contributed by atoms with Crippen molar-refractivity contribution in [3.8, 4) is 0 Å². The average molecular weight is 301 g/mol. The Bertz CT molecular complexity index is 980. The zero-order valence-electron chi connectivity index (χ0n) is 14.3. The minimum atomic E-state index is 0.0598. The first-order valence-corrected chi connectivity index (χ1v) is 8.37. The highest BCUT2D eigenvalue weighted by Gasteiger charge is 2.30. The molecule has 0 bridgehead atoms. The lowest BCUT2D eigenvalue weighted by Crippen LogP contribution is -2.20. The zero-order chi connectivity index (χ0) is 16.2. The molecular weight excluding hydrogens is 278 g/mol. The Balaban J connectivity index is 2.06. The van der Waals surface area contributed by atoms with Crippen molar-refractivity contribution in [2.24, 2.45) is 0 Å². The van der Waals surface area contributed by atoms with Gasteiger partial charge in [0.15, 0.2) is 0 Å². The molecule has 0 saturated carbocycles. The van der Waals surface area contributed by atoms with Gasteiger partial charge in [0, 0.05) is 22.5 Å². The third-order valence-corrected chi connectivity index (χ3v) is 5.50. The molecule has 0 spiro atoms. The number of H-pyrrole nitrogens is 1. The van der Waals surface area contributed by atoms with Gasteiger partial charge in [0.2, 0.25) is 0 Å². The molecule has 23 heavy (non-hydrogen) atoms. The van der Waals surface area contributed by atoms with Gasteiger partial charge in [-0.1, -0.05) is 49.8 Å². The zero-order valence-corrected chi connectivity index (χ0v) is 14.3. The molecule has 0 saturated heterocycles. The summed E-state index contributed by atoms with van der Waals surface area (Å²) < 4.78 is 0. The van der Waals surface area contributed by atoms with Crippen LogP contribution in [0.15, 0.2) is 54.3 Å². The van der Waals surface area contributed by atoms with Gasteiger partial charge in [-0.15, -0.1) is 0 Å². The summed E-state index contributed by atoms with van der Waals surface area (Å²) in [5, 5.41) is 4.10. The number of pyridine rings is 1. The molecule has 1 N–H and O–H groups in total. The van der Waals surface area contributed by atoms with E-state index in [-0.39, 0.29) is 5.41 Å². The van der Waals surface area contributed by atoms with Gasteiger partial charge in [0.1, 0.15) is 0 Å². The Kier molecular flexibility index (Phi) is 3.02. The second kappa shape index (κ2) is 4.86. The largest absolute Gasteiger partial charge is 0.361 e. The van der Waals surface area contributed by atoms with Gasteiger partial charge in [-0.2, -0.15) is 0 Å². The number of hydrogen-bond donors (Lipinski definition) is 1. The fourth-order valence-electron chi connectivity index (χ4n) is 4.26. The maximum absolute atomic E-state index is 3.41. The van der Waals surface area contributed by atoms with Crippen LogP contribution in [0.3, 0.4) is 0 Å². The lowest BCUT2D eigenvalue weighted by atomic mass is 9.75. The Morgan fingerprint density at radius 3 is 2.61 bits per heavy atom. The molecular formula is C22H23N. The van der Waals surface area contributed by atoms with Gasteiger partial charge < -0.3 is 4.98 Å². The predicted molar refractivity (Wildman–Crippen MR) is 100 cm³/mol. The van der Waals surface area contributed by atoms with Crippen molar-refractivity contribution in [3.63, 3.8) is 0 Å². The molecule has 1 heterocycles. The van der Waals surface area contributed by atoms with Crippen LogP contribution in [0.4, 0.5) is 0 Å². The minimum Gasteiger partial charge on any atom is -0.361 e. The quantitative estimate of drug-likeness (QED) is 0.588. The Labute approximate surface area is 137 Å². The van der Waals surface area contributed by atoms with Crippen LogP contribution in [0.2, 0.25) is 0 Å². The summed E-state index contributed by atoms with van der Waals surface area (Å²) in [7, 11) is 0. The van der Waals surface area contributed by atoms with Crippen molar-refractivity contribution < 1.29 is 0 Å². The van der Waals surface area contributed by atoms with Gasteiger partial charge in [0.25, 0.3) is 0 Å². The number of allylic oxidation sites excluding steroid dienone is 4. The molecule has 0 unspecified atom stereocenters. The number of hydrogen-bond acceptors (Lipinski definition) is 0. The van der Waals surface area contributed by atoms with E-state index < -0.39 is 0 Å². The van der Waals surface area contributed by atoms with Crippen molar-refractivity contribution in [2.75, 3.05) is 0 Å². The molecule has 0 amide bonds. The Morgan fingerprint density at radius 1 is 1.04 bits per heavy atom. The summed E-state index contributed by atoms with van der Waals surface area (Å²) in [6, 6.07) is 9.00. The van der Waals surface area contributed by atoms with E-state index in [2.05, 4.69) is 75.2 Å². The number of rotatable bonds is 2. The van der Waals surface area contributed by atoms with Crippen LogP contribution < -0.4 is 0 Å². The number of fused-ring (bicyclic) bond motifs is 2. The van der Waals surface area contributed by atoms with Crippen LogP contribution in [0.5, 0.6) is 0 Å². The molecule has 116 valence electrons. The molecule has 1 aromatic heterocycles. The number of aryl methyl sites for hydroxylation is 2. The highest BCUT2D eigenvalue weighted by Crippen LogP contribution is 2.44. The molecule has 0 aliphatic heterocycles. The van der Waals surface area contributed by atoms with Crippen LogP contribution in [0.25, 0.3) is 21.7 Å². The first-order valence-electron chi connectivity index (χ1n) is 8.37. The van der Waals surface area contributed by atoms with Gasteiger partial charge in [0.05, 0.1) is 0 Å². The Morgan fingerprint density at radius 2 is 1.87 bits per heavy atom. The molecule has 0 atom stereocenters. The third kappa shape index (κ3) is 1.99. The van der Waals surface area contributed by atoms with Crippen molar-refractivity contribution >= 4 is 21.7 Å². The van der Waals surface area contributed by atoms with E-state index in [1.54, 1.807) is 0 Å². The summed E-state index contributed by atoms with van der Waals surface area (Å²) >= 11 is 0. The number of benzene rings is 1. The van der Waals surface area contributed by atoms with Crippen molar-refractivity contribution in [1.29, 1.82) is 0 Å². The van der Waals surface area contributed by atoms with E-state index in [1.165, 1.54) is 43.9 Å². The van der Waals surface area contributed by atoms with Gasteiger partial charge >= 0.3 is 0 Å². The summed E-state index contributed by atoms with van der Waals surface area (Å²) in [5.41, 5.74) is 7.03. The van der Waals surface area contributed by atoms with E-state index >= 15 is 0 Å². The number of nitrogens with one attached hydrogen (secondary N) is 1. The second-order valence-electron chi connectivity index (χ2n) is 7.25. The molecule has 0 radical (unpaired) electrons. The van der Waals surface area contributed by atoms with Gasteiger partial charge in [-0.3, -0.25) is 0 Å². The summed E-state index contributed by atoms with van der Waals surface area (Å²) in [4.78, 5) is 3.41. The summed E-state index contributed by atoms with van der Waals surface area (Å²) in [6.07, 6.45) is 9.81. The SMILES string of the molecule is Cc1cc2c(C)c3ccc[nH]c3cc2c1C(C)(C)C1=CC=CC1. The van der Waals surface area contributed by atoms with E-state index in [0.717, 1.165) is 6.42 Å². The molecule has 0 fully saturated rings. The Hall–Kier alpha value is -2.28. The molecule has 2 aromatic carbocycles. The fourth-order valence-corrected chi connectivity index (χ4v) is 4.26. The van der Waals surface area contributed by atoms with E-state index in [0.29, 0.717) is 0 Å². The maximum Gasteiger partial charge on any atom is 0.0462 e. The van der Waals surface area contributed by atoms with Crippen molar-refractivity contribution in [1.82, 2.24) is 4.98 Å². The second-order valence-corrected chi connectivity index (χ2v) is 7.25. The first-order chi connectivity index (χ1) is 11.0. The molecule has 1 heteroatoms. The number of aromatic nitrogens is 1. The summed E-state index contributed by atoms with van der Waals surface area (Å²) in [5.74, 6) is 0. The predicted octanol–water partition coefficient (Wildman–Crippen LogP) is 6.10. The minimum absolute atomic E-state index is 0.0598. The maximum atomic E-state index is 3.41. The fraction of sp³-hybridized carbons (Fsp3) is 0.273. The molecule has 1 aliphatic carbocycles. The first kappa shape index (κ1) is 14.3.